The Labute approximate surface area is 131 Å². The van der Waals surface area contributed by atoms with Crippen LogP contribution < -0.4 is 4.90 Å². The summed E-state index contributed by atoms with van der Waals surface area (Å²) in [7, 11) is 0. The van der Waals surface area contributed by atoms with Crippen molar-refractivity contribution in [3.8, 4) is 0 Å². The minimum absolute atomic E-state index is 0.360. The fraction of sp³-hybridized carbons (Fsp3) is 0.706. The van der Waals surface area contributed by atoms with E-state index in [-0.39, 0.29) is 0 Å². The minimum atomic E-state index is 0.360. The third kappa shape index (κ3) is 2.41. The van der Waals surface area contributed by atoms with E-state index in [4.69, 9.17) is 0 Å². The highest BCUT2D eigenvalue weighted by Crippen LogP contribution is 2.59. The standard InChI is InChI=1S/C17H24N4O/c1-13-18-10-16(11-19-13)21-4-2-20(3-5-21)15-8-17(9-15)6-14(7-17)12-22/h10-12,14-15H,2-9H2,1H3. The van der Waals surface area contributed by atoms with Gasteiger partial charge in [-0.1, -0.05) is 0 Å². The Kier molecular flexibility index (Phi) is 3.40. The van der Waals surface area contributed by atoms with Crippen molar-refractivity contribution in [2.75, 3.05) is 31.1 Å². The maximum atomic E-state index is 10.8. The van der Waals surface area contributed by atoms with E-state index in [1.807, 2.05) is 19.3 Å². The van der Waals surface area contributed by atoms with Gasteiger partial charge in [-0.2, -0.15) is 0 Å². The summed E-state index contributed by atoms with van der Waals surface area (Å²) in [5, 5.41) is 0. The maximum absolute atomic E-state index is 10.8. The van der Waals surface area contributed by atoms with Crippen molar-refractivity contribution in [1.29, 1.82) is 0 Å². The van der Waals surface area contributed by atoms with Crippen LogP contribution >= 0.6 is 0 Å². The van der Waals surface area contributed by atoms with Crippen LogP contribution in [0, 0.1) is 18.3 Å². The van der Waals surface area contributed by atoms with Crippen molar-refractivity contribution >= 4 is 12.0 Å². The van der Waals surface area contributed by atoms with Crippen LogP contribution in [0.1, 0.15) is 31.5 Å². The molecule has 0 N–H and O–H groups in total. The zero-order chi connectivity index (χ0) is 15.2. The first-order valence-electron chi connectivity index (χ1n) is 8.40. The van der Waals surface area contributed by atoms with E-state index in [2.05, 4.69) is 19.8 Å². The van der Waals surface area contributed by atoms with Gasteiger partial charge in [-0.25, -0.2) is 9.97 Å². The lowest BCUT2D eigenvalue weighted by Gasteiger charge is -2.60. The highest BCUT2D eigenvalue weighted by atomic mass is 16.1. The predicted molar refractivity (Wildman–Crippen MR) is 84.8 cm³/mol. The van der Waals surface area contributed by atoms with Gasteiger partial charge in [0, 0.05) is 38.1 Å². The van der Waals surface area contributed by atoms with E-state index in [1.54, 1.807) is 0 Å². The molecule has 0 bridgehead atoms. The van der Waals surface area contributed by atoms with E-state index < -0.39 is 0 Å². The molecule has 0 unspecified atom stereocenters. The average Bonchev–Trinajstić information content (AvgIpc) is 2.46. The Balaban J connectivity index is 1.27. The molecule has 2 aliphatic carbocycles. The molecule has 1 saturated heterocycles. The first-order valence-corrected chi connectivity index (χ1v) is 8.40. The summed E-state index contributed by atoms with van der Waals surface area (Å²) in [6.45, 7) is 6.31. The minimum Gasteiger partial charge on any atom is -0.366 e. The van der Waals surface area contributed by atoms with Gasteiger partial charge in [0.1, 0.15) is 12.1 Å². The molecule has 2 saturated carbocycles. The number of carbonyl (C=O) groups is 1. The number of aromatic nitrogens is 2. The largest absolute Gasteiger partial charge is 0.366 e. The molecule has 3 aliphatic rings. The van der Waals surface area contributed by atoms with Gasteiger partial charge >= 0.3 is 0 Å². The second kappa shape index (κ2) is 5.30. The van der Waals surface area contributed by atoms with Gasteiger partial charge in [-0.3, -0.25) is 4.90 Å². The third-order valence-corrected chi connectivity index (χ3v) is 5.88. The number of piperazine rings is 1. The van der Waals surface area contributed by atoms with E-state index in [0.29, 0.717) is 11.3 Å². The highest BCUT2D eigenvalue weighted by molar-refractivity contribution is 5.56. The molecule has 118 valence electrons. The zero-order valence-corrected chi connectivity index (χ0v) is 13.2. The van der Waals surface area contributed by atoms with Crippen molar-refractivity contribution in [2.24, 2.45) is 11.3 Å². The SMILES string of the molecule is Cc1ncc(N2CCN(C3CC4(CC(C=O)C4)C3)CC2)cn1. The molecule has 0 radical (unpaired) electrons. The lowest BCUT2D eigenvalue weighted by atomic mass is 9.50. The molecule has 5 nitrogen and oxygen atoms in total. The maximum Gasteiger partial charge on any atom is 0.125 e. The fourth-order valence-corrected chi connectivity index (χ4v) is 4.57. The molecule has 1 aromatic rings. The smallest absolute Gasteiger partial charge is 0.125 e. The summed E-state index contributed by atoms with van der Waals surface area (Å²) < 4.78 is 0. The topological polar surface area (TPSA) is 49.3 Å². The van der Waals surface area contributed by atoms with Gasteiger partial charge in [-0.15, -0.1) is 0 Å². The average molecular weight is 300 g/mol. The molecule has 0 atom stereocenters. The summed E-state index contributed by atoms with van der Waals surface area (Å²) in [4.78, 5) is 24.4. The molecule has 3 fully saturated rings. The molecule has 4 rings (SSSR count). The Hall–Kier alpha value is -1.49. The van der Waals surface area contributed by atoms with E-state index in [1.165, 1.54) is 12.8 Å². The first-order chi connectivity index (χ1) is 10.7. The van der Waals surface area contributed by atoms with Crippen LogP contribution in [-0.2, 0) is 4.79 Å². The molecule has 5 heteroatoms. The van der Waals surface area contributed by atoms with E-state index in [0.717, 1.165) is 62.9 Å². The summed E-state index contributed by atoms with van der Waals surface area (Å²) in [6, 6.07) is 0.754. The fourth-order valence-electron chi connectivity index (χ4n) is 4.57. The second-order valence-corrected chi connectivity index (χ2v) is 7.38. The van der Waals surface area contributed by atoms with Gasteiger partial charge in [0.15, 0.2) is 0 Å². The van der Waals surface area contributed by atoms with Crippen LogP contribution in [0.3, 0.4) is 0 Å². The van der Waals surface area contributed by atoms with E-state index in [9.17, 15) is 4.79 Å². The second-order valence-electron chi connectivity index (χ2n) is 7.38. The van der Waals surface area contributed by atoms with Crippen LogP contribution in [0.15, 0.2) is 12.4 Å². The Morgan fingerprint density at radius 3 is 2.32 bits per heavy atom. The monoisotopic (exact) mass is 300 g/mol. The number of aldehydes is 1. The number of nitrogens with zero attached hydrogens (tertiary/aromatic N) is 4. The third-order valence-electron chi connectivity index (χ3n) is 5.88. The van der Waals surface area contributed by atoms with Gasteiger partial charge in [0.25, 0.3) is 0 Å². The number of rotatable bonds is 3. The number of anilines is 1. The molecule has 1 spiro atoms. The quantitative estimate of drug-likeness (QED) is 0.795. The molecule has 2 heterocycles. The number of hydrogen-bond acceptors (Lipinski definition) is 5. The van der Waals surface area contributed by atoms with Gasteiger partial charge in [0.05, 0.1) is 18.1 Å². The van der Waals surface area contributed by atoms with E-state index >= 15 is 0 Å². The number of hydrogen-bond donors (Lipinski definition) is 0. The van der Waals surface area contributed by atoms with Gasteiger partial charge in [-0.05, 0) is 38.0 Å². The molecular weight excluding hydrogens is 276 g/mol. The molecule has 0 amide bonds. The zero-order valence-electron chi connectivity index (χ0n) is 13.2. The van der Waals surface area contributed by atoms with Crippen LogP contribution in [0.2, 0.25) is 0 Å². The van der Waals surface area contributed by atoms with Crippen molar-refractivity contribution in [3.63, 3.8) is 0 Å². The molecular formula is C17H24N4O. The highest BCUT2D eigenvalue weighted by Gasteiger charge is 2.54. The van der Waals surface area contributed by atoms with Gasteiger partial charge < -0.3 is 9.69 Å². The van der Waals surface area contributed by atoms with Crippen LogP contribution in [0.25, 0.3) is 0 Å². The molecule has 0 aromatic carbocycles. The van der Waals surface area contributed by atoms with Crippen molar-refractivity contribution in [3.05, 3.63) is 18.2 Å². The van der Waals surface area contributed by atoms with Crippen molar-refractivity contribution in [2.45, 2.75) is 38.6 Å². The Bertz CT molecular complexity index is 536. The predicted octanol–water partition coefficient (Wildman–Crippen LogP) is 1.66. The normalized spacial score (nSPS) is 35.0. The number of aryl methyl sites for hydroxylation is 1. The van der Waals surface area contributed by atoms with Crippen LogP contribution in [0.4, 0.5) is 5.69 Å². The Morgan fingerprint density at radius 1 is 1.09 bits per heavy atom. The van der Waals surface area contributed by atoms with Crippen LogP contribution in [0.5, 0.6) is 0 Å². The molecule has 1 aliphatic heterocycles. The van der Waals surface area contributed by atoms with Crippen molar-refractivity contribution in [1.82, 2.24) is 14.9 Å². The summed E-state index contributed by atoms with van der Waals surface area (Å²) >= 11 is 0. The number of carbonyl (C=O) groups excluding carboxylic acids is 1. The summed E-state index contributed by atoms with van der Waals surface area (Å²) in [6.07, 6.45) is 9.94. The van der Waals surface area contributed by atoms with Gasteiger partial charge in [0.2, 0.25) is 0 Å². The lowest BCUT2D eigenvalue weighted by molar-refractivity contribution is -0.129. The summed E-state index contributed by atoms with van der Waals surface area (Å²) in [5.74, 6) is 1.19. The van der Waals surface area contributed by atoms with Crippen LogP contribution in [-0.4, -0.2) is 53.4 Å². The Morgan fingerprint density at radius 2 is 1.73 bits per heavy atom. The molecule has 1 aromatic heterocycles. The molecule has 22 heavy (non-hydrogen) atoms. The van der Waals surface area contributed by atoms with Crippen molar-refractivity contribution < 1.29 is 4.79 Å². The first kappa shape index (κ1) is 14.1. The summed E-state index contributed by atoms with van der Waals surface area (Å²) in [5.41, 5.74) is 1.68. The lowest BCUT2D eigenvalue weighted by Crippen LogP contribution is -2.60.